The fraction of sp³-hybridized carbons (Fsp3) is 0.615. The molecule has 1 aromatic rings. The first-order chi connectivity index (χ1) is 8.65. The van der Waals surface area contributed by atoms with Crippen LogP contribution in [-0.2, 0) is 4.79 Å². The molecule has 0 aromatic carbocycles. The highest BCUT2D eigenvalue weighted by Crippen LogP contribution is 2.21. The van der Waals surface area contributed by atoms with Crippen LogP contribution < -0.4 is 11.1 Å². The molecule has 1 amide bonds. The molecule has 3 N–H and O–H groups in total. The standard InChI is InChI=1S/C13H21ClN4O/c1-8-5-10(14)17-12(16-8)18-11(19)6-9(15)7-13(2,3)4/h5,9H,6-7,15H2,1-4H3,(H,16,17,18,19). The molecule has 19 heavy (non-hydrogen) atoms. The van der Waals surface area contributed by atoms with Crippen molar-refractivity contribution in [2.24, 2.45) is 11.1 Å². The van der Waals surface area contributed by atoms with Crippen molar-refractivity contribution in [2.45, 2.75) is 46.6 Å². The van der Waals surface area contributed by atoms with Crippen LogP contribution in [-0.4, -0.2) is 21.9 Å². The molecule has 6 heteroatoms. The molecule has 1 rings (SSSR count). The molecule has 0 saturated heterocycles. The predicted octanol–water partition coefficient (Wildman–Crippen LogP) is 2.53. The summed E-state index contributed by atoms with van der Waals surface area (Å²) >= 11 is 5.80. The molecular weight excluding hydrogens is 264 g/mol. The van der Waals surface area contributed by atoms with Crippen molar-refractivity contribution >= 4 is 23.5 Å². The van der Waals surface area contributed by atoms with Gasteiger partial charge in [-0.3, -0.25) is 10.1 Å². The van der Waals surface area contributed by atoms with Gasteiger partial charge in [-0.05, 0) is 24.8 Å². The lowest BCUT2D eigenvalue weighted by atomic mass is 9.87. The largest absolute Gasteiger partial charge is 0.327 e. The number of nitrogens with one attached hydrogen (secondary N) is 1. The number of carbonyl (C=O) groups excluding carboxylic acids is 1. The van der Waals surface area contributed by atoms with Gasteiger partial charge in [0.1, 0.15) is 5.15 Å². The monoisotopic (exact) mass is 284 g/mol. The third-order valence-corrected chi connectivity index (χ3v) is 2.59. The average Bonchev–Trinajstić information content (AvgIpc) is 2.10. The summed E-state index contributed by atoms with van der Waals surface area (Å²) in [5.41, 5.74) is 6.75. The maximum atomic E-state index is 11.8. The van der Waals surface area contributed by atoms with Gasteiger partial charge in [0.15, 0.2) is 0 Å². The molecule has 0 bridgehead atoms. The van der Waals surface area contributed by atoms with Crippen molar-refractivity contribution in [2.75, 3.05) is 5.32 Å². The second kappa shape index (κ2) is 6.30. The first-order valence-electron chi connectivity index (χ1n) is 6.22. The fourth-order valence-electron chi connectivity index (χ4n) is 1.86. The van der Waals surface area contributed by atoms with Crippen LogP contribution in [0.4, 0.5) is 5.95 Å². The predicted molar refractivity (Wildman–Crippen MR) is 77.1 cm³/mol. The van der Waals surface area contributed by atoms with E-state index in [9.17, 15) is 4.79 Å². The Morgan fingerprint density at radius 2 is 2.11 bits per heavy atom. The van der Waals surface area contributed by atoms with Crippen molar-refractivity contribution in [3.05, 3.63) is 16.9 Å². The Labute approximate surface area is 119 Å². The molecule has 0 saturated carbocycles. The van der Waals surface area contributed by atoms with Crippen LogP contribution in [0.15, 0.2) is 6.07 Å². The number of nitrogens with two attached hydrogens (primary N) is 1. The summed E-state index contributed by atoms with van der Waals surface area (Å²) in [4.78, 5) is 19.8. The van der Waals surface area contributed by atoms with Gasteiger partial charge in [0.25, 0.3) is 0 Å². The lowest BCUT2D eigenvalue weighted by Gasteiger charge is -2.22. The zero-order valence-corrected chi connectivity index (χ0v) is 12.6. The second-order valence-electron chi connectivity index (χ2n) is 5.93. The van der Waals surface area contributed by atoms with Crippen molar-refractivity contribution in [1.82, 2.24) is 9.97 Å². The molecule has 1 heterocycles. The third-order valence-electron chi connectivity index (χ3n) is 2.40. The zero-order chi connectivity index (χ0) is 14.6. The molecule has 1 aromatic heterocycles. The Bertz CT molecular complexity index is 436. The van der Waals surface area contributed by atoms with Crippen LogP contribution in [0.2, 0.25) is 5.15 Å². The SMILES string of the molecule is Cc1cc(Cl)nc(NC(=O)CC(N)CC(C)(C)C)n1. The summed E-state index contributed by atoms with van der Waals surface area (Å²) in [6.07, 6.45) is 1.02. The molecule has 0 fully saturated rings. The van der Waals surface area contributed by atoms with Gasteiger partial charge in [0, 0.05) is 18.2 Å². The van der Waals surface area contributed by atoms with Crippen LogP contribution in [0.5, 0.6) is 0 Å². The Morgan fingerprint density at radius 3 is 2.63 bits per heavy atom. The van der Waals surface area contributed by atoms with Gasteiger partial charge in [-0.2, -0.15) is 0 Å². The number of rotatable bonds is 4. The van der Waals surface area contributed by atoms with Gasteiger partial charge in [-0.15, -0.1) is 0 Å². The quantitative estimate of drug-likeness (QED) is 0.833. The topological polar surface area (TPSA) is 80.9 Å². The van der Waals surface area contributed by atoms with Gasteiger partial charge < -0.3 is 5.73 Å². The van der Waals surface area contributed by atoms with Crippen molar-refractivity contribution in [1.29, 1.82) is 0 Å². The van der Waals surface area contributed by atoms with E-state index in [-0.39, 0.29) is 29.7 Å². The average molecular weight is 285 g/mol. The summed E-state index contributed by atoms with van der Waals surface area (Å²) in [7, 11) is 0. The van der Waals surface area contributed by atoms with E-state index in [1.54, 1.807) is 13.0 Å². The molecule has 0 aliphatic carbocycles. The van der Waals surface area contributed by atoms with Crippen LogP contribution in [0.25, 0.3) is 0 Å². The first kappa shape index (κ1) is 15.9. The van der Waals surface area contributed by atoms with Gasteiger partial charge in [0.2, 0.25) is 11.9 Å². The summed E-state index contributed by atoms with van der Waals surface area (Å²) in [6.45, 7) is 8.06. The van der Waals surface area contributed by atoms with E-state index in [0.29, 0.717) is 10.8 Å². The molecule has 0 spiro atoms. The number of nitrogens with zero attached hydrogens (tertiary/aromatic N) is 2. The molecule has 1 unspecified atom stereocenters. The van der Waals surface area contributed by atoms with Gasteiger partial charge in [-0.1, -0.05) is 32.4 Å². The minimum Gasteiger partial charge on any atom is -0.327 e. The fourth-order valence-corrected chi connectivity index (χ4v) is 2.10. The van der Waals surface area contributed by atoms with E-state index < -0.39 is 0 Å². The lowest BCUT2D eigenvalue weighted by Crippen LogP contribution is -2.31. The summed E-state index contributed by atoms with van der Waals surface area (Å²) in [5, 5.41) is 2.92. The number of carbonyl (C=O) groups is 1. The number of aromatic nitrogens is 2. The molecule has 1 atom stereocenters. The van der Waals surface area contributed by atoms with Gasteiger partial charge >= 0.3 is 0 Å². The summed E-state index contributed by atoms with van der Waals surface area (Å²) in [5.74, 6) is 0.0244. The summed E-state index contributed by atoms with van der Waals surface area (Å²) in [6, 6.07) is 1.45. The Balaban J connectivity index is 2.55. The first-order valence-corrected chi connectivity index (χ1v) is 6.60. The number of aryl methyl sites for hydroxylation is 1. The molecule has 5 nitrogen and oxygen atoms in total. The van der Waals surface area contributed by atoms with E-state index in [1.807, 2.05) is 0 Å². The maximum Gasteiger partial charge on any atom is 0.231 e. The number of halogens is 1. The third kappa shape index (κ3) is 6.50. The van der Waals surface area contributed by atoms with Gasteiger partial charge in [0.05, 0.1) is 0 Å². The minimum atomic E-state index is -0.196. The van der Waals surface area contributed by atoms with Crippen molar-refractivity contribution in [3.8, 4) is 0 Å². The van der Waals surface area contributed by atoms with E-state index in [4.69, 9.17) is 17.3 Å². The van der Waals surface area contributed by atoms with Crippen LogP contribution in [0.3, 0.4) is 0 Å². The Hall–Kier alpha value is -1.20. The molecule has 0 aliphatic heterocycles. The minimum absolute atomic E-state index is 0.100. The van der Waals surface area contributed by atoms with Crippen LogP contribution in [0.1, 0.15) is 39.3 Å². The van der Waals surface area contributed by atoms with Crippen molar-refractivity contribution < 1.29 is 4.79 Å². The second-order valence-corrected chi connectivity index (χ2v) is 6.32. The molecule has 0 aliphatic rings. The smallest absolute Gasteiger partial charge is 0.231 e. The number of amides is 1. The number of hydrogen-bond donors (Lipinski definition) is 2. The summed E-state index contributed by atoms with van der Waals surface area (Å²) < 4.78 is 0. The van der Waals surface area contributed by atoms with Crippen LogP contribution in [0, 0.1) is 12.3 Å². The van der Waals surface area contributed by atoms with E-state index >= 15 is 0 Å². The lowest BCUT2D eigenvalue weighted by molar-refractivity contribution is -0.116. The van der Waals surface area contributed by atoms with Gasteiger partial charge in [-0.25, -0.2) is 9.97 Å². The molecule has 0 radical (unpaired) electrons. The van der Waals surface area contributed by atoms with E-state index in [0.717, 1.165) is 6.42 Å². The maximum absolute atomic E-state index is 11.8. The van der Waals surface area contributed by atoms with Crippen molar-refractivity contribution in [3.63, 3.8) is 0 Å². The highest BCUT2D eigenvalue weighted by Gasteiger charge is 2.18. The van der Waals surface area contributed by atoms with Crippen LogP contribution >= 0.6 is 11.6 Å². The highest BCUT2D eigenvalue weighted by molar-refractivity contribution is 6.29. The Morgan fingerprint density at radius 1 is 1.47 bits per heavy atom. The highest BCUT2D eigenvalue weighted by atomic mass is 35.5. The normalized spacial score (nSPS) is 13.2. The molecule has 106 valence electrons. The Kier molecular flexibility index (Phi) is 5.26. The number of hydrogen-bond acceptors (Lipinski definition) is 4. The van der Waals surface area contributed by atoms with E-state index in [2.05, 4.69) is 36.1 Å². The number of anilines is 1. The van der Waals surface area contributed by atoms with E-state index in [1.165, 1.54) is 0 Å². The zero-order valence-electron chi connectivity index (χ0n) is 11.8. The molecular formula is C13H21ClN4O.